The van der Waals surface area contributed by atoms with Crippen LogP contribution in [0.1, 0.15) is 22.3 Å². The molecule has 0 amide bonds. The molecule has 57 heavy (non-hydrogen) atoms. The molecule has 0 fully saturated rings. The third kappa shape index (κ3) is 4.33. The summed E-state index contributed by atoms with van der Waals surface area (Å²) in [6.07, 6.45) is 0. The molecule has 1 aromatic heterocycles. The number of fused-ring (bicyclic) bond motifs is 14. The Kier molecular flexibility index (Phi) is 6.65. The molecule has 4 heteroatoms. The minimum Gasteiger partial charge on any atom is -0.309 e. The molecule has 0 saturated heterocycles. The van der Waals surface area contributed by atoms with Crippen molar-refractivity contribution in [1.29, 1.82) is 0 Å². The van der Waals surface area contributed by atoms with Crippen molar-refractivity contribution in [3.8, 4) is 39.1 Å². The van der Waals surface area contributed by atoms with Crippen LogP contribution in [-0.4, -0.2) is 13.0 Å². The molecule has 0 radical (unpaired) electrons. The summed E-state index contributed by atoms with van der Waals surface area (Å²) in [6, 6.07) is 69.5. The molecule has 0 atom stereocenters. The Labute approximate surface area is 330 Å². The SMILES string of the molecule is O=S1(=O)c2ccccc2C2(c3ccccc3-c3ccccc32)c2cc3c4ccc5ccccc5c4n(-c4cc(-c5ccccc5)cc(-c5ccccc5)c4)c3cc21. The first-order chi connectivity index (χ1) is 28.0. The highest BCUT2D eigenvalue weighted by atomic mass is 32.2. The van der Waals surface area contributed by atoms with Gasteiger partial charge in [0.25, 0.3) is 0 Å². The van der Waals surface area contributed by atoms with E-state index in [1.807, 2.05) is 36.4 Å². The van der Waals surface area contributed by atoms with E-state index >= 15 is 8.42 Å². The van der Waals surface area contributed by atoms with Gasteiger partial charge in [-0.2, -0.15) is 0 Å². The fraction of sp³-hybridized carbons (Fsp3) is 0.0189. The molecule has 0 N–H and O–H groups in total. The molecule has 10 aromatic rings. The molecule has 2 aliphatic rings. The summed E-state index contributed by atoms with van der Waals surface area (Å²) < 4.78 is 32.8. The minimum absolute atomic E-state index is 0.344. The second-order valence-corrected chi connectivity index (χ2v) is 17.1. The lowest BCUT2D eigenvalue weighted by molar-refractivity contribution is 0.581. The maximum absolute atomic E-state index is 15.2. The van der Waals surface area contributed by atoms with E-state index in [0.29, 0.717) is 9.79 Å². The Morgan fingerprint density at radius 1 is 0.386 bits per heavy atom. The first kappa shape index (κ1) is 32.3. The summed E-state index contributed by atoms with van der Waals surface area (Å²) in [5.74, 6) is 0. The first-order valence-corrected chi connectivity index (χ1v) is 20.8. The lowest BCUT2D eigenvalue weighted by Crippen LogP contribution is -2.36. The molecule has 3 nitrogen and oxygen atoms in total. The summed E-state index contributed by atoms with van der Waals surface area (Å²) in [5.41, 5.74) is 12.5. The van der Waals surface area contributed by atoms with E-state index < -0.39 is 15.3 Å². The summed E-state index contributed by atoms with van der Waals surface area (Å²) >= 11 is 0. The van der Waals surface area contributed by atoms with Crippen LogP contribution in [0.3, 0.4) is 0 Å². The number of aromatic nitrogens is 1. The maximum atomic E-state index is 15.2. The van der Waals surface area contributed by atoms with E-state index in [9.17, 15) is 0 Å². The van der Waals surface area contributed by atoms with Crippen molar-refractivity contribution < 1.29 is 8.42 Å². The van der Waals surface area contributed by atoms with Gasteiger partial charge in [0.15, 0.2) is 0 Å². The van der Waals surface area contributed by atoms with Crippen LogP contribution in [0.5, 0.6) is 0 Å². The summed E-state index contributed by atoms with van der Waals surface area (Å²) in [4.78, 5) is 0.699. The highest BCUT2D eigenvalue weighted by Gasteiger charge is 2.53. The molecule has 2 heterocycles. The van der Waals surface area contributed by atoms with Crippen LogP contribution >= 0.6 is 0 Å². The van der Waals surface area contributed by atoms with Gasteiger partial charge in [-0.15, -0.1) is 0 Å². The number of nitrogens with zero attached hydrogens (tertiary/aromatic N) is 1. The maximum Gasteiger partial charge on any atom is 0.207 e. The smallest absolute Gasteiger partial charge is 0.207 e. The highest BCUT2D eigenvalue weighted by Crippen LogP contribution is 2.61. The molecule has 12 rings (SSSR count). The van der Waals surface area contributed by atoms with Gasteiger partial charge < -0.3 is 4.57 Å². The highest BCUT2D eigenvalue weighted by molar-refractivity contribution is 7.91. The molecule has 0 unspecified atom stereocenters. The van der Waals surface area contributed by atoms with Crippen molar-refractivity contribution in [2.75, 3.05) is 0 Å². The van der Waals surface area contributed by atoms with Gasteiger partial charge in [-0.05, 0) is 97.4 Å². The van der Waals surface area contributed by atoms with Crippen LogP contribution in [0.4, 0.5) is 0 Å². The predicted octanol–water partition coefficient (Wildman–Crippen LogP) is 12.8. The minimum atomic E-state index is -3.96. The van der Waals surface area contributed by atoms with Crippen molar-refractivity contribution in [2.45, 2.75) is 15.2 Å². The lowest BCUT2D eigenvalue weighted by atomic mass is 9.67. The Bertz CT molecular complexity index is 3310. The Balaban J connectivity index is 1.27. The monoisotopic (exact) mass is 747 g/mol. The van der Waals surface area contributed by atoms with Gasteiger partial charge in [0.05, 0.1) is 26.2 Å². The second kappa shape index (κ2) is 11.8. The third-order valence-electron chi connectivity index (χ3n) is 12.4. The molecule has 0 bridgehead atoms. The average Bonchev–Trinajstić information content (AvgIpc) is 3.76. The van der Waals surface area contributed by atoms with Gasteiger partial charge in [-0.3, -0.25) is 0 Å². The predicted molar refractivity (Wildman–Crippen MR) is 232 cm³/mol. The van der Waals surface area contributed by atoms with E-state index in [4.69, 9.17) is 0 Å². The largest absolute Gasteiger partial charge is 0.309 e. The van der Waals surface area contributed by atoms with Crippen molar-refractivity contribution in [2.24, 2.45) is 0 Å². The fourth-order valence-electron chi connectivity index (χ4n) is 10.0. The number of hydrogen-bond donors (Lipinski definition) is 0. The molecule has 1 aliphatic carbocycles. The van der Waals surface area contributed by atoms with Crippen molar-refractivity contribution in [3.05, 3.63) is 222 Å². The fourth-order valence-corrected chi connectivity index (χ4v) is 11.8. The van der Waals surface area contributed by atoms with E-state index in [1.54, 1.807) is 6.07 Å². The number of benzene rings is 9. The molecule has 1 aliphatic heterocycles. The van der Waals surface area contributed by atoms with Crippen LogP contribution < -0.4 is 0 Å². The third-order valence-corrected chi connectivity index (χ3v) is 14.2. The molecule has 0 saturated carbocycles. The van der Waals surface area contributed by atoms with Gasteiger partial charge in [0.2, 0.25) is 9.84 Å². The van der Waals surface area contributed by atoms with Gasteiger partial charge in [0, 0.05) is 21.8 Å². The van der Waals surface area contributed by atoms with Crippen LogP contribution in [0, 0.1) is 0 Å². The van der Waals surface area contributed by atoms with Crippen LogP contribution in [0.2, 0.25) is 0 Å². The quantitative estimate of drug-likeness (QED) is 0.181. The standard InChI is InChI=1S/C53H33NO2S/c55-57(56)50-26-14-13-25-47(50)53(45-23-11-9-21-41(45)42-22-10-12-24-46(42)53)48-32-44-43-28-27-36-19-7-8-20-40(36)52(43)54(49(44)33-51(48)57)39-30-37(34-15-3-1-4-16-34)29-38(31-39)35-17-5-2-6-18-35/h1-33H. The number of sulfone groups is 1. The van der Waals surface area contributed by atoms with E-state index in [-0.39, 0.29) is 0 Å². The van der Waals surface area contributed by atoms with E-state index in [2.05, 4.69) is 162 Å². The van der Waals surface area contributed by atoms with Gasteiger partial charge in [-0.1, -0.05) is 164 Å². The lowest BCUT2D eigenvalue weighted by Gasteiger charge is -2.39. The first-order valence-electron chi connectivity index (χ1n) is 19.3. The number of rotatable bonds is 3. The zero-order valence-electron chi connectivity index (χ0n) is 30.7. The van der Waals surface area contributed by atoms with Gasteiger partial charge >= 0.3 is 0 Å². The van der Waals surface area contributed by atoms with Crippen LogP contribution in [-0.2, 0) is 15.3 Å². The summed E-state index contributed by atoms with van der Waals surface area (Å²) in [5, 5.41) is 4.31. The van der Waals surface area contributed by atoms with Crippen LogP contribution in [0.25, 0.3) is 71.6 Å². The Morgan fingerprint density at radius 3 is 1.61 bits per heavy atom. The Morgan fingerprint density at radius 2 is 0.947 bits per heavy atom. The van der Waals surface area contributed by atoms with Crippen LogP contribution in [0.15, 0.2) is 210 Å². The summed E-state index contributed by atoms with van der Waals surface area (Å²) in [6.45, 7) is 0. The normalized spacial score (nSPS) is 14.4. The molecule has 1 spiro atoms. The van der Waals surface area contributed by atoms with Gasteiger partial charge in [0.1, 0.15) is 0 Å². The second-order valence-electron chi connectivity index (χ2n) is 15.2. The van der Waals surface area contributed by atoms with Crippen molar-refractivity contribution >= 4 is 42.4 Å². The molecule has 9 aromatic carbocycles. The van der Waals surface area contributed by atoms with E-state index in [1.165, 1.54) is 0 Å². The number of hydrogen-bond acceptors (Lipinski definition) is 2. The van der Waals surface area contributed by atoms with Crippen molar-refractivity contribution in [3.63, 3.8) is 0 Å². The van der Waals surface area contributed by atoms with E-state index in [0.717, 1.165) is 93.9 Å². The zero-order chi connectivity index (χ0) is 37.9. The molecule has 268 valence electrons. The zero-order valence-corrected chi connectivity index (χ0v) is 31.5. The van der Waals surface area contributed by atoms with Crippen molar-refractivity contribution in [1.82, 2.24) is 4.57 Å². The topological polar surface area (TPSA) is 39.1 Å². The average molecular weight is 748 g/mol. The Hall–Kier alpha value is -7.01. The molecular formula is C53H33NO2S. The molecular weight excluding hydrogens is 715 g/mol. The van der Waals surface area contributed by atoms with Gasteiger partial charge in [-0.25, -0.2) is 8.42 Å². The summed E-state index contributed by atoms with van der Waals surface area (Å²) in [7, 11) is -3.96.